The molecule has 2 aliphatic rings. The van der Waals surface area contributed by atoms with Gasteiger partial charge in [-0.3, -0.25) is 13.2 Å². The third kappa shape index (κ3) is 3.06. The standard InChI is InChI=1S/C14H12FN5O5S3/c1-6-3-4-7-10(9(6)15)28(22,23)12(13(21)20(7)2)17-19-14-18-16-11(26-14)8-5-24-27-25-8/h3-4,8H,5H2,1-2H3,(H,18,19). The molecule has 14 heteroatoms. The predicted octanol–water partition coefficient (Wildman–Crippen LogP) is 1.81. The molecule has 1 unspecified atom stereocenters. The average Bonchev–Trinajstić information content (AvgIpc) is 3.33. The molecule has 1 aromatic carbocycles. The zero-order valence-electron chi connectivity index (χ0n) is 14.4. The van der Waals surface area contributed by atoms with Crippen LogP contribution in [0.1, 0.15) is 16.7 Å². The summed E-state index contributed by atoms with van der Waals surface area (Å²) in [5.74, 6) is -1.81. The summed E-state index contributed by atoms with van der Waals surface area (Å²) < 4.78 is 50.4. The van der Waals surface area contributed by atoms with E-state index in [9.17, 15) is 17.6 Å². The fourth-order valence-electron chi connectivity index (χ4n) is 2.55. The van der Waals surface area contributed by atoms with Crippen molar-refractivity contribution in [1.29, 1.82) is 0 Å². The van der Waals surface area contributed by atoms with Gasteiger partial charge in [0, 0.05) is 7.05 Å². The minimum absolute atomic E-state index is 0.0406. The van der Waals surface area contributed by atoms with E-state index in [4.69, 9.17) is 8.37 Å². The Labute approximate surface area is 167 Å². The first kappa shape index (κ1) is 19.2. The summed E-state index contributed by atoms with van der Waals surface area (Å²) in [6.45, 7) is 1.73. The maximum Gasteiger partial charge on any atom is 0.290 e. The molecule has 1 aromatic heterocycles. The number of nitrogens with one attached hydrogen (secondary N) is 1. The second kappa shape index (κ2) is 7.04. The van der Waals surface area contributed by atoms with Crippen LogP contribution in [0.15, 0.2) is 22.1 Å². The molecule has 0 bridgehead atoms. The van der Waals surface area contributed by atoms with E-state index in [0.717, 1.165) is 28.6 Å². The zero-order valence-corrected chi connectivity index (χ0v) is 16.8. The number of aromatic nitrogens is 2. The van der Waals surface area contributed by atoms with Gasteiger partial charge in [0.1, 0.15) is 10.7 Å². The van der Waals surface area contributed by atoms with Crippen LogP contribution < -0.4 is 10.3 Å². The lowest BCUT2D eigenvalue weighted by molar-refractivity contribution is -0.112. The molecule has 2 aromatic rings. The quantitative estimate of drug-likeness (QED) is 0.556. The van der Waals surface area contributed by atoms with Crippen molar-refractivity contribution in [3.8, 4) is 0 Å². The number of amides is 1. The third-order valence-corrected chi connectivity index (χ3v) is 7.20. The van der Waals surface area contributed by atoms with Crippen LogP contribution in [0.2, 0.25) is 0 Å². The molecule has 1 saturated heterocycles. The third-order valence-electron chi connectivity index (χ3n) is 4.03. The van der Waals surface area contributed by atoms with Crippen molar-refractivity contribution in [3.05, 3.63) is 28.5 Å². The Morgan fingerprint density at radius 2 is 2.18 bits per heavy atom. The van der Waals surface area contributed by atoms with Gasteiger partial charge < -0.3 is 4.90 Å². The van der Waals surface area contributed by atoms with Gasteiger partial charge in [-0.15, -0.1) is 10.2 Å². The Morgan fingerprint density at radius 3 is 2.89 bits per heavy atom. The molecule has 4 rings (SSSR count). The summed E-state index contributed by atoms with van der Waals surface area (Å²) in [5.41, 5.74) is 2.51. The topological polar surface area (TPSA) is 123 Å². The molecule has 28 heavy (non-hydrogen) atoms. The Morgan fingerprint density at radius 1 is 1.39 bits per heavy atom. The number of benzene rings is 1. The summed E-state index contributed by atoms with van der Waals surface area (Å²) in [6, 6.07) is 2.79. The number of nitrogens with zero attached hydrogens (tertiary/aromatic N) is 4. The number of hydrazone groups is 1. The van der Waals surface area contributed by atoms with E-state index in [-0.39, 0.29) is 16.4 Å². The van der Waals surface area contributed by atoms with E-state index in [0.29, 0.717) is 11.6 Å². The highest BCUT2D eigenvalue weighted by Crippen LogP contribution is 2.36. The fraction of sp³-hybridized carbons (Fsp3) is 0.286. The van der Waals surface area contributed by atoms with Crippen LogP contribution >= 0.6 is 23.7 Å². The van der Waals surface area contributed by atoms with Gasteiger partial charge in [0.15, 0.2) is 23.4 Å². The van der Waals surface area contributed by atoms with Crippen molar-refractivity contribution >= 4 is 55.3 Å². The number of carbonyl (C=O) groups excluding carboxylic acids is 1. The molecular formula is C14H12FN5O5S3. The van der Waals surface area contributed by atoms with Crippen molar-refractivity contribution in [1.82, 2.24) is 10.2 Å². The summed E-state index contributed by atoms with van der Waals surface area (Å²) in [5, 5.41) is 11.2. The number of fused-ring (bicyclic) bond motifs is 1. The Kier molecular flexibility index (Phi) is 4.83. The van der Waals surface area contributed by atoms with Crippen molar-refractivity contribution in [2.75, 3.05) is 24.0 Å². The minimum Gasteiger partial charge on any atom is -0.308 e. The SMILES string of the molecule is Cc1ccc2c(c1F)S(=O)(=O)C(=NNc1nnc(C3COSO3)s1)C(=O)N2C. The van der Waals surface area contributed by atoms with Crippen LogP contribution in [0, 0.1) is 12.7 Å². The van der Waals surface area contributed by atoms with E-state index < -0.39 is 37.6 Å². The van der Waals surface area contributed by atoms with Crippen LogP contribution in [0.25, 0.3) is 0 Å². The molecule has 1 N–H and O–H groups in total. The van der Waals surface area contributed by atoms with E-state index in [1.807, 2.05) is 0 Å². The van der Waals surface area contributed by atoms with Crippen molar-refractivity contribution < 1.29 is 26.0 Å². The average molecular weight is 445 g/mol. The van der Waals surface area contributed by atoms with E-state index in [1.54, 1.807) is 0 Å². The summed E-state index contributed by atoms with van der Waals surface area (Å²) in [7, 11) is -3.12. The lowest BCUT2D eigenvalue weighted by Gasteiger charge is -2.26. The number of aryl methyl sites for hydroxylation is 1. The van der Waals surface area contributed by atoms with Crippen LogP contribution in [-0.2, 0) is 23.0 Å². The monoisotopic (exact) mass is 445 g/mol. The summed E-state index contributed by atoms with van der Waals surface area (Å²) in [6.07, 6.45) is -0.402. The number of rotatable bonds is 3. The van der Waals surface area contributed by atoms with Gasteiger partial charge in [-0.1, -0.05) is 17.4 Å². The fourth-order valence-corrected chi connectivity index (χ4v) is 5.39. The smallest absolute Gasteiger partial charge is 0.290 e. The van der Waals surface area contributed by atoms with Crippen molar-refractivity contribution in [2.24, 2.45) is 5.10 Å². The maximum atomic E-state index is 14.6. The number of carbonyl (C=O) groups is 1. The minimum atomic E-state index is -4.47. The molecule has 10 nitrogen and oxygen atoms in total. The van der Waals surface area contributed by atoms with E-state index in [1.165, 1.54) is 26.1 Å². The lowest BCUT2D eigenvalue weighted by atomic mass is 10.2. The molecule has 0 spiro atoms. The lowest BCUT2D eigenvalue weighted by Crippen LogP contribution is -2.43. The van der Waals surface area contributed by atoms with Gasteiger partial charge in [-0.2, -0.15) is 5.10 Å². The summed E-state index contributed by atoms with van der Waals surface area (Å²) in [4.78, 5) is 13.0. The summed E-state index contributed by atoms with van der Waals surface area (Å²) >= 11 is 1.90. The van der Waals surface area contributed by atoms with E-state index >= 15 is 0 Å². The number of hydrogen-bond donors (Lipinski definition) is 1. The maximum absolute atomic E-state index is 14.6. The predicted molar refractivity (Wildman–Crippen MR) is 100 cm³/mol. The molecule has 0 radical (unpaired) electrons. The van der Waals surface area contributed by atoms with Crippen LogP contribution in [0.4, 0.5) is 15.2 Å². The first-order chi connectivity index (χ1) is 13.3. The highest BCUT2D eigenvalue weighted by atomic mass is 32.2. The Balaban J connectivity index is 1.69. The molecule has 1 amide bonds. The molecule has 2 aliphatic heterocycles. The highest BCUT2D eigenvalue weighted by molar-refractivity contribution is 8.08. The van der Waals surface area contributed by atoms with Gasteiger partial charge in [0.2, 0.25) is 20.0 Å². The normalized spacial score (nSPS) is 22.5. The second-order valence-corrected chi connectivity index (χ2v) is 9.20. The first-order valence-electron chi connectivity index (χ1n) is 7.75. The van der Waals surface area contributed by atoms with Gasteiger partial charge in [-0.05, 0) is 18.6 Å². The molecule has 3 heterocycles. The van der Waals surface area contributed by atoms with E-state index in [2.05, 4.69) is 20.7 Å². The first-order valence-corrected chi connectivity index (χ1v) is 10.7. The number of halogens is 1. The molecular weight excluding hydrogens is 433 g/mol. The molecule has 1 fully saturated rings. The second-order valence-electron chi connectivity index (χ2n) is 5.82. The van der Waals surface area contributed by atoms with Crippen LogP contribution in [0.5, 0.6) is 0 Å². The molecule has 148 valence electrons. The van der Waals surface area contributed by atoms with Gasteiger partial charge >= 0.3 is 0 Å². The van der Waals surface area contributed by atoms with Crippen LogP contribution in [0.3, 0.4) is 0 Å². The Hall–Kier alpha value is -2.13. The number of anilines is 2. The molecule has 0 aliphatic carbocycles. The van der Waals surface area contributed by atoms with Crippen molar-refractivity contribution in [3.63, 3.8) is 0 Å². The number of sulfone groups is 1. The molecule has 0 saturated carbocycles. The van der Waals surface area contributed by atoms with Gasteiger partial charge in [0.05, 0.1) is 12.3 Å². The molecule has 1 atom stereocenters. The van der Waals surface area contributed by atoms with Crippen molar-refractivity contribution in [2.45, 2.75) is 17.9 Å². The largest absolute Gasteiger partial charge is 0.308 e. The highest BCUT2D eigenvalue weighted by Gasteiger charge is 2.43. The van der Waals surface area contributed by atoms with Gasteiger partial charge in [-0.25, -0.2) is 18.2 Å². The van der Waals surface area contributed by atoms with Crippen LogP contribution in [-0.4, -0.2) is 43.2 Å². The Bertz CT molecular complexity index is 1100. The number of hydrogen-bond acceptors (Lipinski definition) is 11. The zero-order chi connectivity index (χ0) is 20.1. The van der Waals surface area contributed by atoms with Gasteiger partial charge in [0.25, 0.3) is 5.91 Å².